The molecule has 1 heterocycles. The number of aromatic nitrogens is 2. The molecule has 0 saturated heterocycles. The van der Waals surface area contributed by atoms with Crippen LogP contribution < -0.4 is 0 Å². The number of hydrogen-bond acceptors (Lipinski definition) is 2. The first-order valence-corrected chi connectivity index (χ1v) is 6.45. The predicted octanol–water partition coefficient (Wildman–Crippen LogP) is 2.68. The van der Waals surface area contributed by atoms with E-state index in [-0.39, 0.29) is 12.1 Å². The smallest absolute Gasteiger partial charge is 0.109 e. The second-order valence-corrected chi connectivity index (χ2v) is 4.81. The van der Waals surface area contributed by atoms with Crippen LogP contribution >= 0.6 is 0 Å². The molecule has 2 aromatic rings. The molecule has 0 aliphatic heterocycles. The van der Waals surface area contributed by atoms with E-state index in [1.54, 1.807) is 0 Å². The van der Waals surface area contributed by atoms with Gasteiger partial charge in [0.1, 0.15) is 5.82 Å². The van der Waals surface area contributed by atoms with Crippen LogP contribution in [0.3, 0.4) is 0 Å². The van der Waals surface area contributed by atoms with Crippen molar-refractivity contribution in [2.75, 3.05) is 0 Å². The summed E-state index contributed by atoms with van der Waals surface area (Å²) >= 11 is 0. The molecule has 3 heteroatoms. The van der Waals surface area contributed by atoms with Gasteiger partial charge in [-0.2, -0.15) is 0 Å². The minimum Gasteiger partial charge on any atom is -0.391 e. The summed E-state index contributed by atoms with van der Waals surface area (Å²) in [6.07, 6.45) is 3.80. The fourth-order valence-corrected chi connectivity index (χ4v) is 2.94. The summed E-state index contributed by atoms with van der Waals surface area (Å²) < 4.78 is 2.26. The van der Waals surface area contributed by atoms with E-state index in [0.717, 1.165) is 42.5 Å². The van der Waals surface area contributed by atoms with Gasteiger partial charge in [-0.3, -0.25) is 0 Å². The van der Waals surface area contributed by atoms with Crippen molar-refractivity contribution in [1.29, 1.82) is 0 Å². The molecule has 0 unspecified atom stereocenters. The molecule has 1 saturated carbocycles. The molecular weight excluding hydrogens is 212 g/mol. The minimum atomic E-state index is -0.210. The normalized spacial score (nSPS) is 24.6. The first kappa shape index (κ1) is 10.8. The number of aliphatic hydroxyl groups excluding tert-OH is 1. The maximum atomic E-state index is 10.1. The number of fused-ring (bicyclic) bond motifs is 1. The Balaban J connectivity index is 2.18. The Hall–Kier alpha value is -1.35. The number of nitrogens with zero attached hydrogens (tertiary/aromatic N) is 2. The minimum absolute atomic E-state index is 0.210. The maximum absolute atomic E-state index is 10.1. The molecule has 1 aromatic carbocycles. The fourth-order valence-electron chi connectivity index (χ4n) is 2.94. The first-order valence-electron chi connectivity index (χ1n) is 6.45. The van der Waals surface area contributed by atoms with Crippen LogP contribution in [0.1, 0.15) is 38.1 Å². The molecule has 1 N–H and O–H groups in total. The molecule has 1 fully saturated rings. The zero-order valence-electron chi connectivity index (χ0n) is 10.1. The van der Waals surface area contributed by atoms with Gasteiger partial charge >= 0.3 is 0 Å². The quantitative estimate of drug-likeness (QED) is 0.861. The highest BCUT2D eigenvalue weighted by atomic mass is 16.3. The van der Waals surface area contributed by atoms with E-state index >= 15 is 0 Å². The number of benzene rings is 1. The van der Waals surface area contributed by atoms with Crippen molar-refractivity contribution in [2.45, 2.75) is 44.8 Å². The number of para-hydroxylation sites is 2. The van der Waals surface area contributed by atoms with E-state index in [1.807, 2.05) is 18.2 Å². The summed E-state index contributed by atoms with van der Waals surface area (Å²) in [4.78, 5) is 4.66. The zero-order valence-corrected chi connectivity index (χ0v) is 10.1. The Morgan fingerprint density at radius 3 is 2.88 bits per heavy atom. The zero-order chi connectivity index (χ0) is 11.8. The van der Waals surface area contributed by atoms with Crippen molar-refractivity contribution in [3.05, 3.63) is 30.1 Å². The largest absolute Gasteiger partial charge is 0.391 e. The first-order chi connectivity index (χ1) is 8.31. The van der Waals surface area contributed by atoms with Gasteiger partial charge in [-0.15, -0.1) is 0 Å². The molecule has 17 heavy (non-hydrogen) atoms. The van der Waals surface area contributed by atoms with Crippen molar-refractivity contribution in [2.24, 2.45) is 0 Å². The van der Waals surface area contributed by atoms with Gasteiger partial charge < -0.3 is 9.67 Å². The van der Waals surface area contributed by atoms with Gasteiger partial charge in [0.2, 0.25) is 0 Å². The lowest BCUT2D eigenvalue weighted by Gasteiger charge is -2.19. The van der Waals surface area contributed by atoms with Gasteiger partial charge in [-0.05, 0) is 31.4 Å². The topological polar surface area (TPSA) is 38.0 Å². The van der Waals surface area contributed by atoms with Gasteiger partial charge in [0.15, 0.2) is 0 Å². The van der Waals surface area contributed by atoms with E-state index in [9.17, 15) is 5.11 Å². The molecular formula is C14H18N2O. The third-order valence-electron chi connectivity index (χ3n) is 3.76. The predicted molar refractivity (Wildman–Crippen MR) is 68.0 cm³/mol. The van der Waals surface area contributed by atoms with Crippen molar-refractivity contribution >= 4 is 11.0 Å². The van der Waals surface area contributed by atoms with Crippen LogP contribution in [0.5, 0.6) is 0 Å². The molecule has 3 rings (SSSR count). The molecule has 3 nitrogen and oxygen atoms in total. The van der Waals surface area contributed by atoms with Gasteiger partial charge in [-0.25, -0.2) is 4.98 Å². The third kappa shape index (κ3) is 1.65. The van der Waals surface area contributed by atoms with Crippen molar-refractivity contribution in [3.63, 3.8) is 0 Å². The Morgan fingerprint density at radius 1 is 1.35 bits per heavy atom. The van der Waals surface area contributed by atoms with E-state index in [2.05, 4.69) is 22.5 Å². The van der Waals surface area contributed by atoms with Crippen LogP contribution in [0.4, 0.5) is 0 Å². The lowest BCUT2D eigenvalue weighted by molar-refractivity contribution is 0.137. The highest BCUT2D eigenvalue weighted by Crippen LogP contribution is 2.34. The monoisotopic (exact) mass is 230 g/mol. The fraction of sp³-hybridized carbons (Fsp3) is 0.500. The second kappa shape index (κ2) is 4.15. The average Bonchev–Trinajstić information content (AvgIpc) is 2.91. The SMILES string of the molecule is CCc1nc2ccccc2n1[C@@H]1CCC[C@H]1O. The van der Waals surface area contributed by atoms with Crippen LogP contribution in [-0.4, -0.2) is 20.8 Å². The Kier molecular flexibility index (Phi) is 2.63. The van der Waals surface area contributed by atoms with Gasteiger partial charge in [-0.1, -0.05) is 19.1 Å². The summed E-state index contributed by atoms with van der Waals surface area (Å²) in [7, 11) is 0. The lowest BCUT2D eigenvalue weighted by atomic mass is 10.2. The van der Waals surface area contributed by atoms with Crippen LogP contribution in [-0.2, 0) is 6.42 Å². The Bertz CT molecular complexity index is 532. The molecule has 0 bridgehead atoms. The molecule has 2 atom stereocenters. The second-order valence-electron chi connectivity index (χ2n) is 4.81. The molecule has 1 aliphatic carbocycles. The summed E-state index contributed by atoms with van der Waals surface area (Å²) in [6.45, 7) is 2.12. The molecule has 90 valence electrons. The van der Waals surface area contributed by atoms with E-state index in [1.165, 1.54) is 0 Å². The van der Waals surface area contributed by atoms with Crippen LogP contribution in [0, 0.1) is 0 Å². The molecule has 0 amide bonds. The van der Waals surface area contributed by atoms with E-state index < -0.39 is 0 Å². The summed E-state index contributed by atoms with van der Waals surface area (Å²) in [5, 5.41) is 10.1. The number of aliphatic hydroxyl groups is 1. The van der Waals surface area contributed by atoms with Gasteiger partial charge in [0.05, 0.1) is 23.2 Å². The molecule has 1 aliphatic rings. The standard InChI is InChI=1S/C14H18N2O/c1-2-14-15-10-6-3-4-7-11(10)16(14)12-8-5-9-13(12)17/h3-4,6-7,12-13,17H,2,5,8-9H2,1H3/t12-,13-/m1/s1. The molecule has 0 radical (unpaired) electrons. The number of rotatable bonds is 2. The number of aryl methyl sites for hydroxylation is 1. The number of imidazole rings is 1. The van der Waals surface area contributed by atoms with E-state index in [4.69, 9.17) is 0 Å². The summed E-state index contributed by atoms with van der Waals surface area (Å²) in [6, 6.07) is 8.43. The van der Waals surface area contributed by atoms with Gasteiger partial charge in [0.25, 0.3) is 0 Å². The highest BCUT2D eigenvalue weighted by Gasteiger charge is 2.29. The maximum Gasteiger partial charge on any atom is 0.109 e. The summed E-state index contributed by atoms with van der Waals surface area (Å²) in [5.41, 5.74) is 2.21. The Morgan fingerprint density at radius 2 is 2.18 bits per heavy atom. The van der Waals surface area contributed by atoms with Crippen LogP contribution in [0.2, 0.25) is 0 Å². The highest BCUT2D eigenvalue weighted by molar-refractivity contribution is 5.76. The van der Waals surface area contributed by atoms with Crippen molar-refractivity contribution < 1.29 is 5.11 Å². The lowest BCUT2D eigenvalue weighted by Crippen LogP contribution is -2.20. The van der Waals surface area contributed by atoms with Crippen molar-refractivity contribution in [3.8, 4) is 0 Å². The van der Waals surface area contributed by atoms with Crippen LogP contribution in [0.15, 0.2) is 24.3 Å². The van der Waals surface area contributed by atoms with Crippen molar-refractivity contribution in [1.82, 2.24) is 9.55 Å². The van der Waals surface area contributed by atoms with E-state index in [0.29, 0.717) is 0 Å². The Labute approximate surface area is 101 Å². The molecule has 1 aromatic heterocycles. The van der Waals surface area contributed by atoms with Gasteiger partial charge in [0, 0.05) is 6.42 Å². The average molecular weight is 230 g/mol. The number of hydrogen-bond donors (Lipinski definition) is 1. The molecule has 0 spiro atoms. The summed E-state index contributed by atoms with van der Waals surface area (Å²) in [5.74, 6) is 1.09. The third-order valence-corrected chi connectivity index (χ3v) is 3.76. The van der Waals surface area contributed by atoms with Crippen LogP contribution in [0.25, 0.3) is 11.0 Å².